The standard InChI is InChI=1S/C44H48N7O12PSSi/c1-27-22-50(44(57)49-41(27)55)35-21-32(60-28(2)53)34(61-35)24-59-64(65,58-19-20-66(3,30-15-9-5-10-16-30)31-17-11-6-12-18-31)63-38-33(23-52)62-43(37(38)54)51-26-47-36-39(45-25-46-40(36)51)48-42(56)29-13-7-4-8-14-29/h4-18,22,25-26,32-35,37-38,43,52,54H,19-21,23-24H2,1-3H3,(H,49,55,57)(H,45,46,48,56)/t32-,33+,34+,35+,37+,38+,43+,64?/m0/s1. The van der Waals surface area contributed by atoms with Gasteiger partial charge in [0, 0.05) is 30.7 Å². The molecule has 8 atom stereocenters. The molecule has 1 amide bonds. The Hall–Kier alpha value is -5.58. The molecule has 22 heteroatoms. The van der Waals surface area contributed by atoms with Crippen molar-refractivity contribution in [3.8, 4) is 0 Å². The van der Waals surface area contributed by atoms with Gasteiger partial charge in [0.25, 0.3) is 11.5 Å². The number of aromatic amines is 1. The number of rotatable bonds is 17. The Morgan fingerprint density at radius 1 is 0.939 bits per heavy atom. The van der Waals surface area contributed by atoms with Gasteiger partial charge in [0.05, 0.1) is 26.1 Å². The summed E-state index contributed by atoms with van der Waals surface area (Å²) < 4.78 is 40.2. The zero-order chi connectivity index (χ0) is 46.6. The third-order valence-electron chi connectivity index (χ3n) is 11.7. The number of aliphatic hydroxyl groups excluding tert-OH is 2. The van der Waals surface area contributed by atoms with Crippen LogP contribution in [0.3, 0.4) is 0 Å². The third-order valence-corrected chi connectivity index (χ3v) is 18.4. The second-order valence-corrected chi connectivity index (χ2v) is 23.3. The highest BCUT2D eigenvalue weighted by Gasteiger charge is 2.49. The lowest BCUT2D eigenvalue weighted by molar-refractivity contribution is -0.150. The maximum atomic E-state index is 13.0. The molecule has 3 aromatic heterocycles. The molecule has 0 spiro atoms. The van der Waals surface area contributed by atoms with Gasteiger partial charge in [-0.25, -0.2) is 19.7 Å². The number of nitrogens with zero attached hydrogens (tertiary/aromatic N) is 5. The number of carbonyl (C=O) groups excluding carboxylic acids is 2. The first kappa shape index (κ1) is 46.9. The van der Waals surface area contributed by atoms with Gasteiger partial charge in [-0.1, -0.05) is 95.8 Å². The Kier molecular flexibility index (Phi) is 14.3. The normalized spacial score (nSPS) is 22.8. The molecular weight excluding hydrogens is 910 g/mol. The summed E-state index contributed by atoms with van der Waals surface area (Å²) in [5, 5.41) is 27.7. The number of amides is 1. The van der Waals surface area contributed by atoms with Gasteiger partial charge in [-0.3, -0.25) is 33.0 Å². The minimum atomic E-state index is -3.99. The van der Waals surface area contributed by atoms with E-state index in [1.54, 1.807) is 37.3 Å². The van der Waals surface area contributed by atoms with Crippen molar-refractivity contribution in [2.24, 2.45) is 0 Å². The van der Waals surface area contributed by atoms with E-state index in [1.165, 1.54) is 34.9 Å². The first-order valence-corrected chi connectivity index (χ1v) is 26.3. The van der Waals surface area contributed by atoms with Gasteiger partial charge in [0.2, 0.25) is 0 Å². The Bertz CT molecular complexity index is 2800. The molecule has 2 aliphatic heterocycles. The molecule has 4 N–H and O–H groups in total. The van der Waals surface area contributed by atoms with E-state index in [2.05, 4.69) is 56.1 Å². The molecule has 0 bridgehead atoms. The molecular formula is C44H48N7O12PSSi. The fraction of sp³-hybridized carbons (Fsp3) is 0.341. The number of aliphatic hydroxyl groups is 2. The highest BCUT2D eigenvalue weighted by molar-refractivity contribution is 8.07. The summed E-state index contributed by atoms with van der Waals surface area (Å²) in [6.07, 6.45) is -4.14. The van der Waals surface area contributed by atoms with Crippen LogP contribution in [0.4, 0.5) is 5.82 Å². The van der Waals surface area contributed by atoms with Crippen molar-refractivity contribution in [1.82, 2.24) is 29.1 Å². The molecule has 0 saturated carbocycles. The van der Waals surface area contributed by atoms with E-state index in [0.29, 0.717) is 11.6 Å². The van der Waals surface area contributed by atoms with Crippen LogP contribution in [0.25, 0.3) is 11.2 Å². The predicted octanol–water partition coefficient (Wildman–Crippen LogP) is 2.94. The van der Waals surface area contributed by atoms with Crippen LogP contribution in [0, 0.1) is 6.92 Å². The van der Waals surface area contributed by atoms with Crippen molar-refractivity contribution in [3.63, 3.8) is 0 Å². The number of fused-ring (bicyclic) bond motifs is 1. The molecule has 19 nitrogen and oxygen atoms in total. The summed E-state index contributed by atoms with van der Waals surface area (Å²) in [5.74, 6) is -0.909. The quantitative estimate of drug-likeness (QED) is 0.0584. The van der Waals surface area contributed by atoms with Gasteiger partial charge in [-0.2, -0.15) is 0 Å². The van der Waals surface area contributed by atoms with Crippen LogP contribution in [0.15, 0.2) is 119 Å². The minimum absolute atomic E-state index is 0.0329. The summed E-state index contributed by atoms with van der Waals surface area (Å²) in [7, 11) is -2.49. The van der Waals surface area contributed by atoms with Crippen LogP contribution >= 0.6 is 6.72 Å². The molecule has 2 aliphatic rings. The van der Waals surface area contributed by atoms with Gasteiger partial charge >= 0.3 is 18.4 Å². The molecule has 8 rings (SSSR count). The summed E-state index contributed by atoms with van der Waals surface area (Å²) in [4.78, 5) is 65.6. The predicted molar refractivity (Wildman–Crippen MR) is 247 cm³/mol. The number of H-pyrrole nitrogens is 1. The van der Waals surface area contributed by atoms with E-state index in [9.17, 15) is 29.4 Å². The number of esters is 1. The smallest absolute Gasteiger partial charge is 0.330 e. The first-order valence-electron chi connectivity index (χ1n) is 21.1. The van der Waals surface area contributed by atoms with Crippen LogP contribution in [-0.2, 0) is 44.4 Å². The monoisotopic (exact) mass is 957 g/mol. The second-order valence-electron chi connectivity index (χ2n) is 16.1. The van der Waals surface area contributed by atoms with Gasteiger partial charge in [0.1, 0.15) is 51.1 Å². The van der Waals surface area contributed by atoms with Crippen molar-refractivity contribution in [1.29, 1.82) is 0 Å². The molecule has 66 heavy (non-hydrogen) atoms. The summed E-state index contributed by atoms with van der Waals surface area (Å²) in [6.45, 7) is 0.0954. The fourth-order valence-corrected chi connectivity index (χ4v) is 13.7. The largest absolute Gasteiger partial charge is 0.460 e. The zero-order valence-corrected chi connectivity index (χ0v) is 38.7. The number of nitrogens with one attached hydrogen (secondary N) is 2. The number of hydrogen-bond acceptors (Lipinski definition) is 16. The van der Waals surface area contributed by atoms with Gasteiger partial charge in [0.15, 0.2) is 23.2 Å². The Balaban J connectivity index is 1.07. The molecule has 5 heterocycles. The van der Waals surface area contributed by atoms with Gasteiger partial charge < -0.3 is 38.8 Å². The highest BCUT2D eigenvalue weighted by atomic mass is 32.5. The second kappa shape index (κ2) is 20.1. The molecule has 0 aliphatic carbocycles. The molecule has 0 radical (unpaired) electrons. The van der Waals surface area contributed by atoms with Crippen molar-refractivity contribution >= 4 is 65.8 Å². The van der Waals surface area contributed by atoms with Crippen LogP contribution in [0.2, 0.25) is 12.6 Å². The molecule has 6 aromatic rings. The molecule has 346 valence electrons. The van der Waals surface area contributed by atoms with Crippen molar-refractivity contribution in [3.05, 3.63) is 142 Å². The highest BCUT2D eigenvalue weighted by Crippen LogP contribution is 2.54. The lowest BCUT2D eigenvalue weighted by atomic mass is 10.1. The van der Waals surface area contributed by atoms with Crippen molar-refractivity contribution in [2.75, 3.05) is 25.1 Å². The van der Waals surface area contributed by atoms with E-state index in [-0.39, 0.29) is 42.2 Å². The number of anilines is 1. The molecule has 2 saturated heterocycles. The van der Waals surface area contributed by atoms with E-state index in [4.69, 9.17) is 39.6 Å². The van der Waals surface area contributed by atoms with Crippen molar-refractivity contribution < 1.29 is 47.6 Å². The summed E-state index contributed by atoms with van der Waals surface area (Å²) >= 11 is 6.14. The Morgan fingerprint density at radius 3 is 2.26 bits per heavy atom. The number of ether oxygens (including phenoxy) is 3. The number of hydrogen-bond donors (Lipinski definition) is 4. The number of aryl methyl sites for hydroxylation is 1. The summed E-state index contributed by atoms with van der Waals surface area (Å²) in [6, 6.07) is 29.3. The van der Waals surface area contributed by atoms with Crippen molar-refractivity contribution in [2.45, 2.75) is 75.8 Å². The Morgan fingerprint density at radius 2 is 1.61 bits per heavy atom. The third kappa shape index (κ3) is 10.1. The average Bonchev–Trinajstić information content (AvgIpc) is 4.02. The number of imidazole rings is 1. The maximum absolute atomic E-state index is 13.0. The lowest BCUT2D eigenvalue weighted by Crippen LogP contribution is -2.56. The summed E-state index contributed by atoms with van der Waals surface area (Å²) in [5.41, 5.74) is -0.191. The average molecular weight is 958 g/mol. The van der Waals surface area contributed by atoms with Crippen LogP contribution < -0.4 is 26.9 Å². The van der Waals surface area contributed by atoms with E-state index in [1.807, 2.05) is 36.4 Å². The topological polar surface area (TPSA) is 240 Å². The van der Waals surface area contributed by atoms with E-state index >= 15 is 0 Å². The molecule has 2 fully saturated rings. The minimum Gasteiger partial charge on any atom is -0.460 e. The van der Waals surface area contributed by atoms with Gasteiger partial charge in [-0.05, 0) is 36.9 Å². The van der Waals surface area contributed by atoms with Crippen LogP contribution in [0.5, 0.6) is 0 Å². The fourth-order valence-electron chi connectivity index (χ4n) is 8.12. The molecule has 3 aromatic carbocycles. The van der Waals surface area contributed by atoms with Gasteiger partial charge in [-0.15, -0.1) is 0 Å². The number of carbonyl (C=O) groups is 2. The van der Waals surface area contributed by atoms with Crippen LogP contribution in [-0.4, -0.2) is 110 Å². The van der Waals surface area contributed by atoms with Crippen LogP contribution in [0.1, 0.15) is 41.7 Å². The zero-order valence-electron chi connectivity index (χ0n) is 36.0. The molecule has 1 unspecified atom stereocenters. The first-order chi connectivity index (χ1) is 31.8. The lowest BCUT2D eigenvalue weighted by Gasteiger charge is -2.32. The SMILES string of the molecule is CC(=O)O[C@H]1C[C@H](n2cc(C)c(=O)[nH]c2=O)O[C@@H]1COP(=S)(OCC[Si](C)(c1ccccc1)c1ccccc1)O[C@H]1[C@@H](O)[C@H](n2cnc3c(NC(=O)c4ccccc4)ncnc32)O[C@@H]1CO. The number of benzene rings is 3. The number of aromatic nitrogens is 6. The Labute approximate surface area is 383 Å². The maximum Gasteiger partial charge on any atom is 0.330 e. The van der Waals surface area contributed by atoms with E-state index in [0.717, 1.165) is 10.4 Å². The van der Waals surface area contributed by atoms with E-state index < -0.39 is 87.5 Å².